The minimum atomic E-state index is -0.0432. The smallest absolute Gasteiger partial charge is 0.309 e. The first-order chi connectivity index (χ1) is 8.46. The molecule has 0 bridgehead atoms. The Kier molecular flexibility index (Phi) is 6.57. The number of hydrogen-bond donors (Lipinski definition) is 0. The summed E-state index contributed by atoms with van der Waals surface area (Å²) in [5.74, 6) is 0.928. The lowest BCUT2D eigenvalue weighted by Gasteiger charge is -2.41. The van der Waals surface area contributed by atoms with Gasteiger partial charge in [0.1, 0.15) is 0 Å². The van der Waals surface area contributed by atoms with E-state index >= 15 is 0 Å². The van der Waals surface area contributed by atoms with E-state index in [4.69, 9.17) is 4.74 Å². The molecule has 0 N–H and O–H groups in total. The number of ether oxygens (including phenoxy) is 1. The van der Waals surface area contributed by atoms with E-state index in [1.165, 1.54) is 0 Å². The third-order valence-corrected chi connectivity index (χ3v) is 5.25. The highest BCUT2D eigenvalue weighted by Crippen LogP contribution is 2.44. The van der Waals surface area contributed by atoms with Gasteiger partial charge in [0.25, 0.3) is 0 Å². The predicted octanol–water partition coefficient (Wildman–Crippen LogP) is 4.92. The van der Waals surface area contributed by atoms with Crippen LogP contribution >= 0.6 is 0 Å². The van der Waals surface area contributed by atoms with Crippen LogP contribution in [-0.2, 0) is 9.53 Å². The fourth-order valence-corrected chi connectivity index (χ4v) is 2.06. The average Bonchev–Trinajstić information content (AvgIpc) is 2.25. The van der Waals surface area contributed by atoms with E-state index in [0.29, 0.717) is 18.4 Å². The SMILES string of the molecule is CCOC(=O)C(CC(C)(C)C(C)C)C(C)(C)C(C)C. The van der Waals surface area contributed by atoms with Crippen molar-refractivity contribution in [3.63, 3.8) is 0 Å². The second-order valence-corrected chi connectivity index (χ2v) is 7.63. The van der Waals surface area contributed by atoms with Crippen LogP contribution < -0.4 is 0 Å². The Morgan fingerprint density at radius 3 is 1.79 bits per heavy atom. The first-order valence-electron chi connectivity index (χ1n) is 7.63. The van der Waals surface area contributed by atoms with Crippen LogP contribution in [0, 0.1) is 28.6 Å². The van der Waals surface area contributed by atoms with Gasteiger partial charge in [-0.05, 0) is 36.0 Å². The Labute approximate surface area is 120 Å². The molecule has 2 heteroatoms. The highest BCUT2D eigenvalue weighted by Gasteiger charge is 2.42. The van der Waals surface area contributed by atoms with Crippen molar-refractivity contribution >= 4 is 5.97 Å². The maximum absolute atomic E-state index is 12.4. The molecule has 0 fully saturated rings. The minimum Gasteiger partial charge on any atom is -0.466 e. The molecular weight excluding hydrogens is 236 g/mol. The molecule has 0 aliphatic carbocycles. The van der Waals surface area contributed by atoms with Crippen molar-refractivity contribution < 1.29 is 9.53 Å². The van der Waals surface area contributed by atoms with Crippen LogP contribution in [0.4, 0.5) is 0 Å². The van der Waals surface area contributed by atoms with E-state index in [1.807, 2.05) is 6.92 Å². The Hall–Kier alpha value is -0.530. The van der Waals surface area contributed by atoms with Crippen LogP contribution in [0.3, 0.4) is 0 Å². The van der Waals surface area contributed by atoms with Crippen LogP contribution in [-0.4, -0.2) is 12.6 Å². The summed E-state index contributed by atoms with van der Waals surface area (Å²) in [6.07, 6.45) is 0.884. The molecule has 0 spiro atoms. The van der Waals surface area contributed by atoms with Gasteiger partial charge in [0, 0.05) is 0 Å². The largest absolute Gasteiger partial charge is 0.466 e. The van der Waals surface area contributed by atoms with Crippen molar-refractivity contribution in [3.05, 3.63) is 0 Å². The number of carbonyl (C=O) groups excluding carboxylic acids is 1. The predicted molar refractivity (Wildman–Crippen MR) is 82.0 cm³/mol. The summed E-state index contributed by atoms with van der Waals surface area (Å²) in [4.78, 5) is 12.4. The first kappa shape index (κ1) is 18.5. The van der Waals surface area contributed by atoms with Gasteiger partial charge in [0.05, 0.1) is 12.5 Å². The molecule has 0 aromatic heterocycles. The van der Waals surface area contributed by atoms with Crippen LogP contribution in [0.15, 0.2) is 0 Å². The lowest BCUT2D eigenvalue weighted by atomic mass is 9.63. The van der Waals surface area contributed by atoms with Gasteiger partial charge >= 0.3 is 5.97 Å². The van der Waals surface area contributed by atoms with E-state index < -0.39 is 0 Å². The van der Waals surface area contributed by atoms with E-state index in [9.17, 15) is 4.79 Å². The highest BCUT2D eigenvalue weighted by molar-refractivity contribution is 5.73. The number of carbonyl (C=O) groups is 1. The quantitative estimate of drug-likeness (QED) is 0.614. The fraction of sp³-hybridized carbons (Fsp3) is 0.941. The molecule has 0 saturated heterocycles. The third-order valence-electron chi connectivity index (χ3n) is 5.25. The number of esters is 1. The molecule has 0 aromatic rings. The van der Waals surface area contributed by atoms with E-state index in [-0.39, 0.29) is 22.7 Å². The van der Waals surface area contributed by atoms with Crippen LogP contribution in [0.25, 0.3) is 0 Å². The molecule has 0 aliphatic rings. The van der Waals surface area contributed by atoms with Gasteiger partial charge in [-0.1, -0.05) is 55.4 Å². The molecular formula is C17H34O2. The minimum absolute atomic E-state index is 0.0325. The molecule has 2 nitrogen and oxygen atoms in total. The Bertz CT molecular complexity index is 288. The monoisotopic (exact) mass is 270 g/mol. The number of hydrogen-bond acceptors (Lipinski definition) is 2. The molecule has 0 saturated carbocycles. The summed E-state index contributed by atoms with van der Waals surface area (Å²) in [6, 6.07) is 0. The van der Waals surface area contributed by atoms with Crippen molar-refractivity contribution in [2.75, 3.05) is 6.61 Å². The van der Waals surface area contributed by atoms with Gasteiger partial charge in [0.2, 0.25) is 0 Å². The van der Waals surface area contributed by atoms with E-state index in [2.05, 4.69) is 55.4 Å². The zero-order valence-corrected chi connectivity index (χ0v) is 14.5. The van der Waals surface area contributed by atoms with Gasteiger partial charge in [-0.3, -0.25) is 4.79 Å². The van der Waals surface area contributed by atoms with Crippen molar-refractivity contribution in [2.24, 2.45) is 28.6 Å². The molecule has 1 unspecified atom stereocenters. The summed E-state index contributed by atoms with van der Waals surface area (Å²) in [5, 5.41) is 0. The standard InChI is InChI=1S/C17H34O2/c1-10-19-15(18)14(17(8,9)13(4)5)11-16(6,7)12(2)3/h12-14H,10-11H2,1-9H3. The topological polar surface area (TPSA) is 26.3 Å². The van der Waals surface area contributed by atoms with Crippen LogP contribution in [0.5, 0.6) is 0 Å². The van der Waals surface area contributed by atoms with Gasteiger partial charge in [0.15, 0.2) is 0 Å². The molecule has 0 radical (unpaired) electrons. The normalized spacial score (nSPS) is 14.9. The van der Waals surface area contributed by atoms with Crippen LogP contribution in [0.1, 0.15) is 68.7 Å². The lowest BCUT2D eigenvalue weighted by Crippen LogP contribution is -2.40. The second-order valence-electron chi connectivity index (χ2n) is 7.63. The van der Waals surface area contributed by atoms with Crippen molar-refractivity contribution in [1.82, 2.24) is 0 Å². The van der Waals surface area contributed by atoms with Gasteiger partial charge < -0.3 is 4.74 Å². The Morgan fingerprint density at radius 2 is 1.47 bits per heavy atom. The summed E-state index contributed by atoms with van der Waals surface area (Å²) >= 11 is 0. The van der Waals surface area contributed by atoms with Gasteiger partial charge in [-0.15, -0.1) is 0 Å². The Morgan fingerprint density at radius 1 is 1.00 bits per heavy atom. The summed E-state index contributed by atoms with van der Waals surface area (Å²) in [7, 11) is 0. The number of rotatable bonds is 7. The molecule has 19 heavy (non-hydrogen) atoms. The molecule has 0 rings (SSSR count). The summed E-state index contributed by atoms with van der Waals surface area (Å²) in [5.41, 5.74) is 0.0992. The third kappa shape index (κ3) is 4.81. The van der Waals surface area contributed by atoms with Crippen molar-refractivity contribution in [3.8, 4) is 0 Å². The summed E-state index contributed by atoms with van der Waals surface area (Å²) in [6.45, 7) is 20.1. The average molecular weight is 270 g/mol. The molecule has 0 aliphatic heterocycles. The molecule has 0 aromatic carbocycles. The molecule has 1 atom stereocenters. The van der Waals surface area contributed by atoms with Gasteiger partial charge in [-0.25, -0.2) is 0 Å². The zero-order valence-electron chi connectivity index (χ0n) is 14.5. The van der Waals surface area contributed by atoms with Crippen molar-refractivity contribution in [2.45, 2.75) is 68.7 Å². The second kappa shape index (κ2) is 6.76. The maximum Gasteiger partial charge on any atom is 0.309 e. The Balaban J connectivity index is 5.25. The maximum atomic E-state index is 12.4. The fourth-order valence-electron chi connectivity index (χ4n) is 2.06. The van der Waals surface area contributed by atoms with Crippen LogP contribution in [0.2, 0.25) is 0 Å². The van der Waals surface area contributed by atoms with Gasteiger partial charge in [-0.2, -0.15) is 0 Å². The van der Waals surface area contributed by atoms with E-state index in [1.54, 1.807) is 0 Å². The zero-order chi connectivity index (χ0) is 15.4. The molecule has 114 valence electrons. The first-order valence-corrected chi connectivity index (χ1v) is 7.63. The van der Waals surface area contributed by atoms with E-state index in [0.717, 1.165) is 6.42 Å². The molecule has 0 amide bonds. The molecule has 0 heterocycles. The highest BCUT2D eigenvalue weighted by atomic mass is 16.5. The van der Waals surface area contributed by atoms with Crippen molar-refractivity contribution in [1.29, 1.82) is 0 Å². The summed E-state index contributed by atoms with van der Waals surface area (Å²) < 4.78 is 5.33. The lowest BCUT2D eigenvalue weighted by molar-refractivity contribution is -0.155.